The summed E-state index contributed by atoms with van der Waals surface area (Å²) in [7, 11) is 0. The summed E-state index contributed by atoms with van der Waals surface area (Å²) in [5, 5.41) is 21.1. The van der Waals surface area contributed by atoms with Gasteiger partial charge in [-0.15, -0.1) is 0 Å². The molecule has 0 spiro atoms. The maximum Gasteiger partial charge on any atom is 0.135 e. The normalized spacial score (nSPS) is 13.1. The van der Waals surface area contributed by atoms with E-state index in [1.807, 2.05) is 0 Å². The molecule has 0 saturated heterocycles. The number of fused-ring (bicyclic) bond motifs is 6. The molecule has 2 unspecified atom stereocenters. The second kappa shape index (κ2) is 29.2. The maximum atomic E-state index is 7.32. The molecule has 0 radical (unpaired) electrons. The molecular formula is C74H98O2. The van der Waals surface area contributed by atoms with Crippen LogP contribution in [-0.2, 0) is 0 Å². The molecule has 0 fully saturated rings. The van der Waals surface area contributed by atoms with Crippen LogP contribution in [-0.4, -0.2) is 13.2 Å². The first-order chi connectivity index (χ1) is 37.7. The van der Waals surface area contributed by atoms with Crippen molar-refractivity contribution < 1.29 is 9.47 Å². The van der Waals surface area contributed by atoms with Crippen LogP contribution in [0.3, 0.4) is 0 Å². The first-order valence-corrected chi connectivity index (χ1v) is 32.1. The quantitative estimate of drug-likeness (QED) is 0.0218. The van der Waals surface area contributed by atoms with Gasteiger partial charge in [0.2, 0.25) is 0 Å². The lowest BCUT2D eigenvalue weighted by molar-refractivity contribution is 0.228. The molecule has 0 saturated carbocycles. The Bertz CT molecular complexity index is 2910. The number of hydrogen-bond acceptors (Lipinski definition) is 2. The molecule has 76 heavy (non-hydrogen) atoms. The van der Waals surface area contributed by atoms with Gasteiger partial charge in [0, 0.05) is 32.3 Å². The molecule has 9 aromatic carbocycles. The molecule has 0 aliphatic carbocycles. The molecule has 0 N–H and O–H groups in total. The minimum Gasteiger partial charge on any atom is -0.492 e. The van der Waals surface area contributed by atoms with Crippen molar-refractivity contribution in [1.82, 2.24) is 0 Å². The largest absolute Gasteiger partial charge is 0.492 e. The van der Waals surface area contributed by atoms with Gasteiger partial charge in [0.25, 0.3) is 0 Å². The number of ether oxygens (including phenoxy) is 2. The van der Waals surface area contributed by atoms with Crippen LogP contribution in [0, 0.1) is 11.8 Å². The van der Waals surface area contributed by atoms with Gasteiger partial charge in [0.05, 0.1) is 13.2 Å². The Morgan fingerprint density at radius 2 is 0.461 bits per heavy atom. The Labute approximate surface area is 460 Å². The predicted molar refractivity (Wildman–Crippen MR) is 337 cm³/mol. The van der Waals surface area contributed by atoms with E-state index in [1.54, 1.807) is 0 Å². The lowest BCUT2D eigenvalue weighted by atomic mass is 9.83. The highest BCUT2D eigenvalue weighted by atomic mass is 16.5. The molecule has 2 heteroatoms. The molecule has 0 amide bonds. The highest BCUT2D eigenvalue weighted by Gasteiger charge is 2.24. The van der Waals surface area contributed by atoms with Crippen molar-refractivity contribution in [3.05, 3.63) is 97.1 Å². The third-order valence-corrected chi connectivity index (χ3v) is 18.1. The van der Waals surface area contributed by atoms with Gasteiger partial charge in [-0.25, -0.2) is 0 Å². The fraction of sp³-hybridized carbons (Fsp3) is 0.541. The van der Waals surface area contributed by atoms with E-state index >= 15 is 0 Å². The zero-order valence-electron chi connectivity index (χ0n) is 48.3. The minimum absolute atomic E-state index is 0.579. The average molecular weight is 1020 g/mol. The lowest BCUT2D eigenvalue weighted by Crippen LogP contribution is -2.13. The zero-order valence-corrected chi connectivity index (χ0v) is 48.3. The van der Waals surface area contributed by atoms with Gasteiger partial charge in [0.1, 0.15) is 11.5 Å². The van der Waals surface area contributed by atoms with Crippen molar-refractivity contribution in [2.75, 3.05) is 13.2 Å². The van der Waals surface area contributed by atoms with E-state index in [2.05, 4.69) is 125 Å². The van der Waals surface area contributed by atoms with E-state index in [1.165, 1.54) is 292 Å². The van der Waals surface area contributed by atoms with Gasteiger partial charge in [-0.3, -0.25) is 0 Å². The zero-order chi connectivity index (χ0) is 52.3. The van der Waals surface area contributed by atoms with E-state index in [0.717, 1.165) is 24.7 Å². The molecule has 0 bridgehead atoms. The molecule has 0 heterocycles. The topological polar surface area (TPSA) is 18.5 Å². The number of unbranched alkanes of at least 4 members (excludes halogenated alkanes) is 24. The van der Waals surface area contributed by atoms with E-state index in [-0.39, 0.29) is 0 Å². The summed E-state index contributed by atoms with van der Waals surface area (Å²) < 4.78 is 14.6. The van der Waals surface area contributed by atoms with Gasteiger partial charge in [-0.1, -0.05) is 292 Å². The molecule has 0 aliphatic rings. The number of hydrogen-bond donors (Lipinski definition) is 0. The van der Waals surface area contributed by atoms with E-state index in [9.17, 15) is 0 Å². The van der Waals surface area contributed by atoms with Gasteiger partial charge < -0.3 is 9.47 Å². The summed E-state index contributed by atoms with van der Waals surface area (Å²) in [6.45, 7) is 10.9. The smallest absolute Gasteiger partial charge is 0.135 e. The van der Waals surface area contributed by atoms with Crippen molar-refractivity contribution >= 4 is 86.2 Å². The fourth-order valence-corrected chi connectivity index (χ4v) is 13.7. The van der Waals surface area contributed by atoms with E-state index in [4.69, 9.17) is 9.47 Å². The molecule has 2 atom stereocenters. The van der Waals surface area contributed by atoms with Crippen molar-refractivity contribution in [3.63, 3.8) is 0 Å². The van der Waals surface area contributed by atoms with Crippen LogP contribution in [0.15, 0.2) is 97.1 Å². The third-order valence-electron chi connectivity index (χ3n) is 18.1. The predicted octanol–water partition coefficient (Wildman–Crippen LogP) is 24.3. The molecule has 2 nitrogen and oxygen atoms in total. The second-order valence-corrected chi connectivity index (χ2v) is 23.9. The Balaban J connectivity index is 1.05. The lowest BCUT2D eigenvalue weighted by Gasteiger charge is -2.24. The molecular weight excluding hydrogens is 921 g/mol. The van der Waals surface area contributed by atoms with Crippen LogP contribution in [0.4, 0.5) is 0 Å². The van der Waals surface area contributed by atoms with Crippen LogP contribution in [0.25, 0.3) is 86.2 Å². The van der Waals surface area contributed by atoms with Gasteiger partial charge >= 0.3 is 0 Å². The third kappa shape index (κ3) is 13.4. The average Bonchev–Trinajstić information content (AvgIpc) is 3.46. The van der Waals surface area contributed by atoms with Crippen LogP contribution < -0.4 is 9.47 Å². The minimum atomic E-state index is 0.579. The first kappa shape index (κ1) is 55.9. The highest BCUT2D eigenvalue weighted by molar-refractivity contribution is 6.43. The van der Waals surface area contributed by atoms with E-state index in [0.29, 0.717) is 11.8 Å². The summed E-state index contributed by atoms with van der Waals surface area (Å²) >= 11 is 0. The monoisotopic (exact) mass is 1020 g/mol. The highest BCUT2D eigenvalue weighted by Crippen LogP contribution is 2.51. The van der Waals surface area contributed by atoms with Crippen LogP contribution in [0.2, 0.25) is 0 Å². The summed E-state index contributed by atoms with van der Waals surface area (Å²) in [5.74, 6) is 3.32. The Morgan fingerprint density at radius 3 is 0.750 bits per heavy atom. The Hall–Kier alpha value is -4.82. The van der Waals surface area contributed by atoms with E-state index < -0.39 is 0 Å². The second-order valence-electron chi connectivity index (χ2n) is 23.9. The molecule has 406 valence electrons. The van der Waals surface area contributed by atoms with Crippen molar-refractivity contribution in [2.45, 2.75) is 233 Å². The summed E-state index contributed by atoms with van der Waals surface area (Å²) in [6.07, 6.45) is 43.1. The Kier molecular flexibility index (Phi) is 21.5. The van der Waals surface area contributed by atoms with Crippen LogP contribution >= 0.6 is 0 Å². The summed E-state index contributed by atoms with van der Waals surface area (Å²) in [5.41, 5.74) is 0. The molecule has 9 rings (SSSR count). The van der Waals surface area contributed by atoms with Gasteiger partial charge in [-0.05, 0) is 104 Å². The van der Waals surface area contributed by atoms with Gasteiger partial charge in [0.15, 0.2) is 0 Å². The SMILES string of the molecule is CCCCCCCCCCC(CCCCCCCC)COc1c2ccccc2c2ccc3c4ccc5c6ccccc6c(OCC(CCCCCCCC)CCCCCCCCCC)c6ccc(c7ccc1c2c73)c4c65. The summed E-state index contributed by atoms with van der Waals surface area (Å²) in [6, 6.07) is 37.6. The molecule has 9 aromatic rings. The van der Waals surface area contributed by atoms with Gasteiger partial charge in [-0.2, -0.15) is 0 Å². The van der Waals surface area contributed by atoms with Crippen molar-refractivity contribution in [3.8, 4) is 11.5 Å². The molecule has 0 aliphatic heterocycles. The number of benzene rings is 9. The summed E-state index contributed by atoms with van der Waals surface area (Å²) in [4.78, 5) is 0. The Morgan fingerprint density at radius 1 is 0.237 bits per heavy atom. The van der Waals surface area contributed by atoms with Crippen LogP contribution in [0.1, 0.15) is 233 Å². The maximum absolute atomic E-state index is 7.32. The fourth-order valence-electron chi connectivity index (χ4n) is 13.7. The van der Waals surface area contributed by atoms with Crippen LogP contribution in [0.5, 0.6) is 11.5 Å². The van der Waals surface area contributed by atoms with Crippen molar-refractivity contribution in [2.24, 2.45) is 11.8 Å². The first-order valence-electron chi connectivity index (χ1n) is 32.1. The van der Waals surface area contributed by atoms with Crippen molar-refractivity contribution in [1.29, 1.82) is 0 Å². The molecule has 0 aromatic heterocycles. The standard InChI is InChI=1S/C74H98O2/c1-5-9-13-17-21-23-27-31-39-55(37-29-25-19-15-11-7-3)53-75-73-65-43-35-33-41-57(65)59-45-47-61-62-48-46-60-58-42-34-36-44-66(58)74(68-52-50-64(70(62)72(60)68)63-49-51-67(73)71(59)69(61)63)76-54-56(38-30-26-20-16-12-8-4)40-32-28-24-22-18-14-10-6-2/h33-36,41-52,55-56H,5-32,37-40,53-54H2,1-4H3. The number of rotatable bonds is 38.